The lowest BCUT2D eigenvalue weighted by Gasteiger charge is -2.01. The molecule has 0 bridgehead atoms. The fraction of sp³-hybridized carbons (Fsp3) is 0.300. The molecule has 62 valence electrons. The van der Waals surface area contributed by atoms with Crippen LogP contribution < -0.4 is 4.74 Å². The van der Waals surface area contributed by atoms with Crippen molar-refractivity contribution < 1.29 is 9.53 Å². The van der Waals surface area contributed by atoms with E-state index >= 15 is 0 Å². The van der Waals surface area contributed by atoms with Gasteiger partial charge in [0.15, 0.2) is 0 Å². The van der Waals surface area contributed by atoms with Crippen molar-refractivity contribution in [1.82, 2.24) is 0 Å². The summed E-state index contributed by atoms with van der Waals surface area (Å²) in [6, 6.07) is 5.58. The Morgan fingerprint density at radius 2 is 2.42 bits per heavy atom. The first-order chi connectivity index (χ1) is 5.79. The average Bonchev–Trinajstić information content (AvgIpc) is 2.43. The largest absolute Gasteiger partial charge is 0.490 e. The SMILES string of the molecule is C[C@H]1Cc2ccc(C=O)cc2O1. The molecular weight excluding hydrogens is 152 g/mol. The third-order valence-electron chi connectivity index (χ3n) is 2.06. The number of hydrogen-bond donors (Lipinski definition) is 0. The highest BCUT2D eigenvalue weighted by Crippen LogP contribution is 2.28. The minimum atomic E-state index is 0.252. The van der Waals surface area contributed by atoms with Crippen LogP contribution in [-0.4, -0.2) is 12.4 Å². The van der Waals surface area contributed by atoms with Gasteiger partial charge in [-0.25, -0.2) is 0 Å². The van der Waals surface area contributed by atoms with Gasteiger partial charge in [0.2, 0.25) is 0 Å². The van der Waals surface area contributed by atoms with Gasteiger partial charge in [0.25, 0.3) is 0 Å². The summed E-state index contributed by atoms with van der Waals surface area (Å²) in [5, 5.41) is 0. The molecule has 1 aliphatic heterocycles. The van der Waals surface area contributed by atoms with Crippen LogP contribution in [-0.2, 0) is 6.42 Å². The van der Waals surface area contributed by atoms with Crippen LogP contribution in [0.2, 0.25) is 0 Å². The Labute approximate surface area is 71.2 Å². The number of rotatable bonds is 1. The van der Waals surface area contributed by atoms with E-state index in [0.717, 1.165) is 18.5 Å². The molecule has 0 amide bonds. The van der Waals surface area contributed by atoms with Crippen LogP contribution in [0.4, 0.5) is 0 Å². The minimum absolute atomic E-state index is 0.252. The maximum atomic E-state index is 10.4. The number of hydrogen-bond acceptors (Lipinski definition) is 2. The molecular formula is C10H10O2. The second-order valence-corrected chi connectivity index (χ2v) is 3.12. The molecule has 0 spiro atoms. The van der Waals surface area contributed by atoms with E-state index in [-0.39, 0.29) is 6.10 Å². The summed E-state index contributed by atoms with van der Waals surface area (Å²) in [6.07, 6.45) is 2.04. The summed E-state index contributed by atoms with van der Waals surface area (Å²) >= 11 is 0. The molecule has 0 fully saturated rings. The number of ether oxygens (including phenoxy) is 1. The third-order valence-corrected chi connectivity index (χ3v) is 2.06. The highest BCUT2D eigenvalue weighted by Gasteiger charge is 2.18. The summed E-state index contributed by atoms with van der Waals surface area (Å²) in [5.74, 6) is 0.868. The fourth-order valence-electron chi connectivity index (χ4n) is 1.49. The predicted octanol–water partition coefficient (Wildman–Crippen LogP) is 1.82. The van der Waals surface area contributed by atoms with Gasteiger partial charge >= 0.3 is 0 Å². The minimum Gasteiger partial charge on any atom is -0.490 e. The van der Waals surface area contributed by atoms with Crippen LogP contribution in [0.1, 0.15) is 22.8 Å². The molecule has 0 radical (unpaired) electrons. The van der Waals surface area contributed by atoms with Crippen LogP contribution in [0.3, 0.4) is 0 Å². The first-order valence-electron chi connectivity index (χ1n) is 4.04. The van der Waals surface area contributed by atoms with Crippen molar-refractivity contribution in [3.63, 3.8) is 0 Å². The smallest absolute Gasteiger partial charge is 0.150 e. The molecule has 1 aromatic carbocycles. The Hall–Kier alpha value is -1.31. The molecule has 2 heteroatoms. The van der Waals surface area contributed by atoms with E-state index in [1.165, 1.54) is 5.56 Å². The van der Waals surface area contributed by atoms with E-state index in [4.69, 9.17) is 4.74 Å². The maximum Gasteiger partial charge on any atom is 0.150 e. The van der Waals surface area contributed by atoms with E-state index in [0.29, 0.717) is 5.56 Å². The Morgan fingerprint density at radius 1 is 1.58 bits per heavy atom. The molecule has 0 aromatic heterocycles. The molecule has 12 heavy (non-hydrogen) atoms. The van der Waals surface area contributed by atoms with Crippen molar-refractivity contribution >= 4 is 6.29 Å². The molecule has 0 unspecified atom stereocenters. The van der Waals surface area contributed by atoms with Gasteiger partial charge in [-0.3, -0.25) is 4.79 Å². The molecule has 1 heterocycles. The van der Waals surface area contributed by atoms with E-state index in [1.54, 1.807) is 6.07 Å². The summed E-state index contributed by atoms with van der Waals surface area (Å²) in [4.78, 5) is 10.4. The third kappa shape index (κ3) is 1.09. The van der Waals surface area contributed by atoms with Crippen molar-refractivity contribution in [1.29, 1.82) is 0 Å². The summed E-state index contributed by atoms with van der Waals surface area (Å²) < 4.78 is 5.49. The Bertz CT molecular complexity index is 318. The van der Waals surface area contributed by atoms with E-state index in [1.807, 2.05) is 19.1 Å². The van der Waals surface area contributed by atoms with Gasteiger partial charge in [0, 0.05) is 12.0 Å². The van der Waals surface area contributed by atoms with Gasteiger partial charge in [0.1, 0.15) is 18.1 Å². The molecule has 2 rings (SSSR count). The number of benzene rings is 1. The highest BCUT2D eigenvalue weighted by molar-refractivity contribution is 5.76. The van der Waals surface area contributed by atoms with E-state index < -0.39 is 0 Å². The van der Waals surface area contributed by atoms with Crippen LogP contribution in [0, 0.1) is 0 Å². The first-order valence-corrected chi connectivity index (χ1v) is 4.04. The first kappa shape index (κ1) is 7.35. The molecule has 1 aromatic rings. The zero-order valence-electron chi connectivity index (χ0n) is 6.91. The molecule has 0 saturated heterocycles. The van der Waals surface area contributed by atoms with Crippen LogP contribution in [0.25, 0.3) is 0 Å². The molecule has 0 saturated carbocycles. The average molecular weight is 162 g/mol. The predicted molar refractivity (Wildman–Crippen MR) is 45.6 cm³/mol. The van der Waals surface area contributed by atoms with Crippen molar-refractivity contribution in [2.45, 2.75) is 19.4 Å². The monoisotopic (exact) mass is 162 g/mol. The van der Waals surface area contributed by atoms with Gasteiger partial charge in [0.05, 0.1) is 0 Å². The second kappa shape index (κ2) is 2.63. The standard InChI is InChI=1S/C10H10O2/c1-7-4-9-3-2-8(6-11)5-10(9)12-7/h2-3,5-7H,4H2,1H3/t7-/m0/s1. The fourth-order valence-corrected chi connectivity index (χ4v) is 1.49. The maximum absolute atomic E-state index is 10.4. The van der Waals surface area contributed by atoms with Crippen molar-refractivity contribution in [3.05, 3.63) is 29.3 Å². The number of carbonyl (C=O) groups excluding carboxylic acids is 1. The zero-order chi connectivity index (χ0) is 8.55. The summed E-state index contributed by atoms with van der Waals surface area (Å²) in [5.41, 5.74) is 1.89. The second-order valence-electron chi connectivity index (χ2n) is 3.12. The number of fused-ring (bicyclic) bond motifs is 1. The normalized spacial score (nSPS) is 19.9. The quantitative estimate of drug-likeness (QED) is 0.589. The Balaban J connectivity index is 2.41. The van der Waals surface area contributed by atoms with Crippen LogP contribution in [0.5, 0.6) is 5.75 Å². The van der Waals surface area contributed by atoms with Gasteiger partial charge in [-0.2, -0.15) is 0 Å². The van der Waals surface area contributed by atoms with Crippen molar-refractivity contribution in [3.8, 4) is 5.75 Å². The van der Waals surface area contributed by atoms with Crippen LogP contribution >= 0.6 is 0 Å². The molecule has 1 aliphatic rings. The highest BCUT2D eigenvalue weighted by atomic mass is 16.5. The van der Waals surface area contributed by atoms with Gasteiger partial charge in [-0.15, -0.1) is 0 Å². The zero-order valence-corrected chi connectivity index (χ0v) is 6.91. The van der Waals surface area contributed by atoms with Crippen molar-refractivity contribution in [2.24, 2.45) is 0 Å². The lowest BCUT2D eigenvalue weighted by atomic mass is 10.1. The molecule has 0 N–H and O–H groups in total. The Morgan fingerprint density at radius 3 is 3.17 bits per heavy atom. The lowest BCUT2D eigenvalue weighted by molar-refractivity contribution is 0.112. The molecule has 0 aliphatic carbocycles. The Kier molecular flexibility index (Phi) is 1.61. The van der Waals surface area contributed by atoms with E-state index in [2.05, 4.69) is 0 Å². The van der Waals surface area contributed by atoms with Gasteiger partial charge in [-0.1, -0.05) is 12.1 Å². The van der Waals surface area contributed by atoms with Crippen molar-refractivity contribution in [2.75, 3.05) is 0 Å². The van der Waals surface area contributed by atoms with Gasteiger partial charge < -0.3 is 4.74 Å². The number of carbonyl (C=O) groups is 1. The summed E-state index contributed by atoms with van der Waals surface area (Å²) in [6.45, 7) is 2.03. The van der Waals surface area contributed by atoms with E-state index in [9.17, 15) is 4.79 Å². The van der Waals surface area contributed by atoms with Crippen LogP contribution in [0.15, 0.2) is 18.2 Å². The lowest BCUT2D eigenvalue weighted by Crippen LogP contribution is -2.05. The summed E-state index contributed by atoms with van der Waals surface area (Å²) in [7, 11) is 0. The molecule has 2 nitrogen and oxygen atoms in total. The number of aldehydes is 1. The van der Waals surface area contributed by atoms with Gasteiger partial charge in [-0.05, 0) is 18.6 Å². The molecule has 1 atom stereocenters. The topological polar surface area (TPSA) is 26.3 Å².